The molecule has 1 aromatic rings. The predicted molar refractivity (Wildman–Crippen MR) is 72.3 cm³/mol. The molecule has 0 spiro atoms. The first-order valence-electron chi connectivity index (χ1n) is 6.09. The van der Waals surface area contributed by atoms with Crippen LogP contribution in [-0.4, -0.2) is 12.5 Å². The molecule has 3 nitrogen and oxygen atoms in total. The molecule has 1 unspecified atom stereocenters. The van der Waals surface area contributed by atoms with Crippen LogP contribution in [0.4, 0.5) is 0 Å². The van der Waals surface area contributed by atoms with Crippen molar-refractivity contribution >= 4 is 17.5 Å². The summed E-state index contributed by atoms with van der Waals surface area (Å²) < 4.78 is 0. The summed E-state index contributed by atoms with van der Waals surface area (Å²) in [5.41, 5.74) is 0.826. The quantitative estimate of drug-likeness (QED) is 0.802. The van der Waals surface area contributed by atoms with Crippen LogP contribution in [0, 0.1) is 11.3 Å². The normalized spacial score (nSPS) is 11.6. The molecule has 1 N–H and O–H groups in total. The Morgan fingerprint density at radius 3 is 2.67 bits per heavy atom. The van der Waals surface area contributed by atoms with Crippen LogP contribution in [0.1, 0.15) is 37.7 Å². The minimum absolute atomic E-state index is 0.0787. The number of nitrogens with one attached hydrogen (secondary N) is 1. The molecule has 96 valence electrons. The van der Waals surface area contributed by atoms with Gasteiger partial charge in [0.15, 0.2) is 0 Å². The van der Waals surface area contributed by atoms with Gasteiger partial charge in [-0.15, -0.1) is 0 Å². The number of hydrogen-bond acceptors (Lipinski definition) is 2. The van der Waals surface area contributed by atoms with E-state index in [1.54, 1.807) is 24.3 Å². The summed E-state index contributed by atoms with van der Waals surface area (Å²) in [5.74, 6) is -0.492. The third-order valence-corrected chi connectivity index (χ3v) is 2.92. The first kappa shape index (κ1) is 14.5. The molecule has 0 saturated carbocycles. The van der Waals surface area contributed by atoms with Gasteiger partial charge in [-0.3, -0.25) is 4.79 Å². The highest BCUT2D eigenvalue weighted by molar-refractivity contribution is 6.30. The molecule has 1 atom stereocenters. The molecule has 0 fully saturated rings. The van der Waals surface area contributed by atoms with Crippen LogP contribution in [0.2, 0.25) is 5.02 Å². The standard InChI is InChI=1S/C14H17ClN2O/c1-2-3-8-17-14(18)9-12(10-16)11-4-6-13(15)7-5-11/h4-7,12H,2-3,8-9H2,1H3,(H,17,18). The molecule has 4 heteroatoms. The van der Waals surface area contributed by atoms with Crippen LogP contribution >= 0.6 is 11.6 Å². The Morgan fingerprint density at radius 1 is 1.44 bits per heavy atom. The van der Waals surface area contributed by atoms with Gasteiger partial charge < -0.3 is 5.32 Å². The number of carbonyl (C=O) groups is 1. The summed E-state index contributed by atoms with van der Waals surface area (Å²) in [6, 6.07) is 9.19. The largest absolute Gasteiger partial charge is 0.356 e. The van der Waals surface area contributed by atoms with Crippen LogP contribution in [0.3, 0.4) is 0 Å². The number of unbranched alkanes of at least 4 members (excludes halogenated alkanes) is 1. The number of nitrogens with zero attached hydrogens (tertiary/aromatic N) is 1. The smallest absolute Gasteiger partial charge is 0.221 e. The van der Waals surface area contributed by atoms with Gasteiger partial charge in [0.2, 0.25) is 5.91 Å². The number of rotatable bonds is 6. The van der Waals surface area contributed by atoms with E-state index in [9.17, 15) is 4.79 Å². The van der Waals surface area contributed by atoms with E-state index in [0.717, 1.165) is 18.4 Å². The van der Waals surface area contributed by atoms with E-state index < -0.39 is 5.92 Å². The maximum Gasteiger partial charge on any atom is 0.221 e. The first-order chi connectivity index (χ1) is 8.67. The van der Waals surface area contributed by atoms with Gasteiger partial charge in [-0.05, 0) is 24.1 Å². The van der Waals surface area contributed by atoms with Gasteiger partial charge in [-0.1, -0.05) is 37.1 Å². The topological polar surface area (TPSA) is 52.9 Å². The van der Waals surface area contributed by atoms with Crippen molar-refractivity contribution in [1.82, 2.24) is 5.32 Å². The van der Waals surface area contributed by atoms with E-state index in [1.165, 1.54) is 0 Å². The average Bonchev–Trinajstić information content (AvgIpc) is 2.37. The summed E-state index contributed by atoms with van der Waals surface area (Å²) in [7, 11) is 0. The van der Waals surface area contributed by atoms with Gasteiger partial charge in [-0.2, -0.15) is 5.26 Å². The van der Waals surface area contributed by atoms with Crippen molar-refractivity contribution in [2.75, 3.05) is 6.54 Å². The number of nitriles is 1. The Hall–Kier alpha value is -1.53. The number of amides is 1. The highest BCUT2D eigenvalue weighted by Crippen LogP contribution is 2.20. The summed E-state index contributed by atoms with van der Waals surface area (Å²) in [6.45, 7) is 2.74. The molecular weight excluding hydrogens is 248 g/mol. The van der Waals surface area contributed by atoms with Gasteiger partial charge >= 0.3 is 0 Å². The summed E-state index contributed by atoms with van der Waals surface area (Å²) in [4.78, 5) is 11.6. The van der Waals surface area contributed by atoms with E-state index in [-0.39, 0.29) is 12.3 Å². The Labute approximate surface area is 113 Å². The Morgan fingerprint density at radius 2 is 2.11 bits per heavy atom. The summed E-state index contributed by atoms with van der Waals surface area (Å²) in [5, 5.41) is 12.5. The lowest BCUT2D eigenvalue weighted by Gasteiger charge is -2.10. The fourth-order valence-corrected chi connectivity index (χ4v) is 1.72. The number of carbonyl (C=O) groups excluding carboxylic acids is 1. The Bertz CT molecular complexity index is 422. The molecule has 18 heavy (non-hydrogen) atoms. The van der Waals surface area contributed by atoms with Crippen molar-refractivity contribution in [2.24, 2.45) is 0 Å². The minimum Gasteiger partial charge on any atom is -0.356 e. The lowest BCUT2D eigenvalue weighted by Crippen LogP contribution is -2.25. The molecule has 0 saturated heterocycles. The van der Waals surface area contributed by atoms with Gasteiger partial charge in [0.1, 0.15) is 0 Å². The Kier molecular flexibility index (Phi) is 6.24. The van der Waals surface area contributed by atoms with Crippen molar-refractivity contribution < 1.29 is 4.79 Å². The zero-order chi connectivity index (χ0) is 13.4. The molecule has 0 heterocycles. The molecule has 0 aromatic heterocycles. The van der Waals surface area contributed by atoms with Crippen LogP contribution in [0.15, 0.2) is 24.3 Å². The molecule has 1 aromatic carbocycles. The molecular formula is C14H17ClN2O. The van der Waals surface area contributed by atoms with Crippen molar-refractivity contribution in [1.29, 1.82) is 5.26 Å². The predicted octanol–water partition coefficient (Wildman–Crippen LogP) is 3.25. The van der Waals surface area contributed by atoms with Gasteiger partial charge in [-0.25, -0.2) is 0 Å². The fraction of sp³-hybridized carbons (Fsp3) is 0.429. The van der Waals surface area contributed by atoms with Crippen molar-refractivity contribution in [3.63, 3.8) is 0 Å². The SMILES string of the molecule is CCCCNC(=O)CC(C#N)c1ccc(Cl)cc1. The Balaban J connectivity index is 2.54. The monoisotopic (exact) mass is 264 g/mol. The van der Waals surface area contributed by atoms with Crippen LogP contribution in [0.25, 0.3) is 0 Å². The number of hydrogen-bond donors (Lipinski definition) is 1. The first-order valence-corrected chi connectivity index (χ1v) is 6.47. The second-order valence-corrected chi connectivity index (χ2v) is 4.58. The van der Waals surface area contributed by atoms with Gasteiger partial charge in [0.05, 0.1) is 12.0 Å². The van der Waals surface area contributed by atoms with E-state index in [1.807, 2.05) is 0 Å². The van der Waals surface area contributed by atoms with Crippen molar-refractivity contribution in [3.8, 4) is 6.07 Å². The summed E-state index contributed by atoms with van der Waals surface area (Å²) in [6.07, 6.45) is 2.20. The van der Waals surface area contributed by atoms with Gasteiger partial charge in [0, 0.05) is 18.0 Å². The van der Waals surface area contributed by atoms with Crippen LogP contribution in [-0.2, 0) is 4.79 Å². The zero-order valence-electron chi connectivity index (χ0n) is 10.4. The van der Waals surface area contributed by atoms with E-state index in [2.05, 4.69) is 18.3 Å². The second-order valence-electron chi connectivity index (χ2n) is 4.14. The minimum atomic E-state index is -0.413. The maximum atomic E-state index is 11.6. The van der Waals surface area contributed by atoms with E-state index >= 15 is 0 Å². The van der Waals surface area contributed by atoms with E-state index in [0.29, 0.717) is 11.6 Å². The molecule has 0 bridgehead atoms. The fourth-order valence-electron chi connectivity index (χ4n) is 1.60. The average molecular weight is 265 g/mol. The molecule has 1 amide bonds. The zero-order valence-corrected chi connectivity index (χ0v) is 11.2. The highest BCUT2D eigenvalue weighted by atomic mass is 35.5. The third-order valence-electron chi connectivity index (χ3n) is 2.67. The van der Waals surface area contributed by atoms with E-state index in [4.69, 9.17) is 16.9 Å². The van der Waals surface area contributed by atoms with Crippen LogP contribution < -0.4 is 5.32 Å². The molecule has 1 rings (SSSR count). The molecule has 0 radical (unpaired) electrons. The third kappa shape index (κ3) is 4.77. The lowest BCUT2D eigenvalue weighted by atomic mass is 9.97. The number of halogens is 1. The van der Waals surface area contributed by atoms with Crippen molar-refractivity contribution in [3.05, 3.63) is 34.9 Å². The second kappa shape index (κ2) is 7.73. The maximum absolute atomic E-state index is 11.6. The highest BCUT2D eigenvalue weighted by Gasteiger charge is 2.14. The summed E-state index contributed by atoms with van der Waals surface area (Å²) >= 11 is 5.79. The molecule has 0 aliphatic carbocycles. The van der Waals surface area contributed by atoms with Gasteiger partial charge in [0.25, 0.3) is 0 Å². The van der Waals surface area contributed by atoms with Crippen LogP contribution in [0.5, 0.6) is 0 Å². The lowest BCUT2D eigenvalue weighted by molar-refractivity contribution is -0.121. The molecule has 0 aliphatic heterocycles. The molecule has 0 aliphatic rings. The number of benzene rings is 1. The van der Waals surface area contributed by atoms with Crippen molar-refractivity contribution in [2.45, 2.75) is 32.1 Å².